The monoisotopic (exact) mass is 791 g/mol. The first-order valence-electron chi connectivity index (χ1n) is 19.1. The second-order valence-corrected chi connectivity index (χ2v) is 27.4. The lowest BCUT2D eigenvalue weighted by Gasteiger charge is -2.22. The summed E-state index contributed by atoms with van der Waals surface area (Å²) in [6.45, 7) is 20.6. The summed E-state index contributed by atoms with van der Waals surface area (Å²) in [6.07, 6.45) is 18.7. The van der Waals surface area contributed by atoms with Crippen LogP contribution in [0.2, 0.25) is 0 Å². The molecule has 1 N–H and O–H groups in total. The normalized spacial score (nSPS) is 12.7. The molecule has 0 aliphatic carbocycles. The average molecular weight is 792 g/mol. The van der Waals surface area contributed by atoms with Crippen LogP contribution in [0.3, 0.4) is 0 Å². The van der Waals surface area contributed by atoms with E-state index >= 15 is 0 Å². The third kappa shape index (κ3) is 33.2. The van der Waals surface area contributed by atoms with Crippen molar-refractivity contribution in [2.75, 3.05) is 38.1 Å². The van der Waals surface area contributed by atoms with E-state index in [0.717, 1.165) is 75.0 Å². The van der Waals surface area contributed by atoms with Crippen LogP contribution in [0.4, 0.5) is 0 Å². The van der Waals surface area contributed by atoms with E-state index in [0.29, 0.717) is 44.5 Å². The van der Waals surface area contributed by atoms with Crippen LogP contribution in [0.15, 0.2) is 0 Å². The van der Waals surface area contributed by atoms with Crippen molar-refractivity contribution in [1.82, 2.24) is 5.32 Å². The maximum atomic E-state index is 12.8. The number of carbonyl (C=O) groups is 1. The van der Waals surface area contributed by atoms with Crippen molar-refractivity contribution in [3.8, 4) is 0 Å². The van der Waals surface area contributed by atoms with Crippen molar-refractivity contribution in [1.29, 1.82) is 0 Å². The molecule has 0 saturated carbocycles. The number of hydrogen-bond acceptors (Lipinski definition) is 9. The van der Waals surface area contributed by atoms with E-state index in [1.165, 1.54) is 74.1 Å². The van der Waals surface area contributed by atoms with Crippen LogP contribution >= 0.6 is 34.2 Å². The van der Waals surface area contributed by atoms with Crippen LogP contribution in [0.1, 0.15) is 165 Å². The van der Waals surface area contributed by atoms with Crippen molar-refractivity contribution in [3.63, 3.8) is 0 Å². The van der Waals surface area contributed by atoms with Crippen molar-refractivity contribution in [2.45, 2.75) is 165 Å². The zero-order valence-corrected chi connectivity index (χ0v) is 37.2. The highest BCUT2D eigenvalue weighted by Crippen LogP contribution is 2.62. The fourth-order valence-electron chi connectivity index (χ4n) is 4.79. The molecule has 0 heterocycles. The first-order chi connectivity index (χ1) is 22.8. The highest BCUT2D eigenvalue weighted by atomic mass is 32.9. The number of rotatable bonds is 35. The lowest BCUT2D eigenvalue weighted by molar-refractivity contribution is -0.120. The summed E-state index contributed by atoms with van der Waals surface area (Å²) >= 11 is 14.8. The summed E-state index contributed by atoms with van der Waals surface area (Å²) in [4.78, 5) is 12.8. The Bertz CT molecular complexity index is 750. The minimum atomic E-state index is -2.54. The Kier molecular flexibility index (Phi) is 32.7. The average Bonchev–Trinajstić information content (AvgIpc) is 2.99. The van der Waals surface area contributed by atoms with Crippen molar-refractivity contribution >= 4 is 63.7 Å². The third-order valence-corrected chi connectivity index (χ3v) is 18.3. The molecule has 0 aromatic heterocycles. The Morgan fingerprint density at radius 2 is 0.833 bits per heavy atom. The molecule has 1 amide bonds. The second-order valence-electron chi connectivity index (χ2n) is 14.7. The van der Waals surface area contributed by atoms with Gasteiger partial charge in [-0.1, -0.05) is 144 Å². The zero-order valence-electron chi connectivity index (χ0n) is 32.1. The second kappa shape index (κ2) is 31.8. The third-order valence-electron chi connectivity index (χ3n) is 7.77. The van der Waals surface area contributed by atoms with Gasteiger partial charge in [-0.3, -0.25) is 4.79 Å². The molecule has 0 aromatic carbocycles. The van der Waals surface area contributed by atoms with E-state index in [2.05, 4.69) is 60.7 Å². The van der Waals surface area contributed by atoms with E-state index in [9.17, 15) is 4.79 Å². The number of hydrogen-bond donors (Lipinski definition) is 1. The molecule has 0 aliphatic heterocycles. The highest BCUT2D eigenvalue weighted by Gasteiger charge is 2.22. The summed E-state index contributed by atoms with van der Waals surface area (Å²) in [5.74, 6) is 3.85. The van der Waals surface area contributed by atoms with Crippen LogP contribution in [0.25, 0.3) is 0 Å². The van der Waals surface area contributed by atoms with Crippen LogP contribution < -0.4 is 5.32 Å². The summed E-state index contributed by atoms with van der Waals surface area (Å²) in [7, 11) is 0. The molecule has 288 valence electrons. The van der Waals surface area contributed by atoms with Crippen molar-refractivity contribution in [2.24, 2.45) is 23.7 Å². The standard InChI is InChI=1S/C36H75NO5P2S4/c1-32(2)21-13-9-17-26-39-43(45,40-27-18-10-14-22-33(3)4)47-30-25-36(38)37-31-48-44(46,41-28-19-11-15-23-34(5)6)42-29-20-12-16-24-35(7)8/h32-35H,9-31H2,1-8H3,(H,37,38). The van der Waals surface area contributed by atoms with E-state index in [-0.39, 0.29) is 5.91 Å². The predicted octanol–water partition coefficient (Wildman–Crippen LogP) is 13.3. The topological polar surface area (TPSA) is 66.0 Å². The zero-order chi connectivity index (χ0) is 36.1. The molecule has 0 saturated heterocycles. The van der Waals surface area contributed by atoms with Crippen LogP contribution in [0.5, 0.6) is 0 Å². The Morgan fingerprint density at radius 3 is 1.15 bits per heavy atom. The van der Waals surface area contributed by atoms with Gasteiger partial charge in [-0.05, 0) is 84.4 Å². The predicted molar refractivity (Wildman–Crippen MR) is 223 cm³/mol. The summed E-state index contributed by atoms with van der Waals surface area (Å²) in [5, 5.41) is 3.03. The van der Waals surface area contributed by atoms with Gasteiger partial charge in [-0.15, -0.1) is 0 Å². The molecular formula is C36H75NO5P2S4. The molecule has 0 bridgehead atoms. The maximum absolute atomic E-state index is 12.8. The fraction of sp³-hybridized carbons (Fsp3) is 0.972. The molecule has 12 heteroatoms. The molecule has 0 spiro atoms. The maximum Gasteiger partial charge on any atom is 0.249 e. The van der Waals surface area contributed by atoms with Gasteiger partial charge in [0.2, 0.25) is 17.3 Å². The van der Waals surface area contributed by atoms with Crippen LogP contribution in [-0.4, -0.2) is 44.0 Å². The van der Waals surface area contributed by atoms with Gasteiger partial charge in [-0.2, -0.15) is 0 Å². The smallest absolute Gasteiger partial charge is 0.249 e. The van der Waals surface area contributed by atoms with Crippen molar-refractivity contribution < 1.29 is 22.9 Å². The Labute approximate surface area is 316 Å². The van der Waals surface area contributed by atoms with Gasteiger partial charge >= 0.3 is 0 Å². The first kappa shape index (κ1) is 49.3. The number of amides is 1. The fourth-order valence-corrected chi connectivity index (χ4v) is 13.0. The molecule has 0 radical (unpaired) electrons. The van der Waals surface area contributed by atoms with Crippen LogP contribution in [-0.2, 0) is 46.5 Å². The number of carbonyl (C=O) groups excluding carboxylic acids is 1. The lowest BCUT2D eigenvalue weighted by atomic mass is 10.1. The van der Waals surface area contributed by atoms with Gasteiger partial charge in [-0.25, -0.2) is 0 Å². The first-order valence-corrected chi connectivity index (χ1v) is 27.6. The van der Waals surface area contributed by atoms with Crippen LogP contribution in [0, 0.1) is 23.7 Å². The van der Waals surface area contributed by atoms with E-state index < -0.39 is 11.4 Å². The Hall–Kier alpha value is 1.31. The quantitative estimate of drug-likeness (QED) is 0.0384. The SMILES string of the molecule is CC(C)CCCCCOP(=S)(OCCCCCC(C)C)SCCC(=O)NCSP(=S)(OCCCCCC(C)C)OCCCCCC(C)C. The van der Waals surface area contributed by atoms with E-state index in [4.69, 9.17) is 41.7 Å². The van der Waals surface area contributed by atoms with Gasteiger partial charge in [0.05, 0.1) is 32.3 Å². The van der Waals surface area contributed by atoms with Gasteiger partial charge in [0, 0.05) is 12.2 Å². The Morgan fingerprint density at radius 1 is 0.521 bits per heavy atom. The molecule has 0 unspecified atom stereocenters. The summed E-state index contributed by atoms with van der Waals surface area (Å²) in [5.41, 5.74) is -5.04. The molecule has 6 nitrogen and oxygen atoms in total. The Balaban J connectivity index is 4.78. The van der Waals surface area contributed by atoms with Crippen molar-refractivity contribution in [3.05, 3.63) is 0 Å². The highest BCUT2D eigenvalue weighted by molar-refractivity contribution is 8.68. The summed E-state index contributed by atoms with van der Waals surface area (Å²) in [6, 6.07) is 0. The molecule has 0 atom stereocenters. The minimum absolute atomic E-state index is 0.0251. The van der Waals surface area contributed by atoms with Gasteiger partial charge < -0.3 is 23.4 Å². The van der Waals surface area contributed by atoms with Gasteiger partial charge in [0.25, 0.3) is 0 Å². The van der Waals surface area contributed by atoms with E-state index in [1.54, 1.807) is 0 Å². The summed E-state index contributed by atoms with van der Waals surface area (Å²) < 4.78 is 24.9. The molecule has 48 heavy (non-hydrogen) atoms. The molecular weight excluding hydrogens is 717 g/mol. The molecule has 0 aromatic rings. The van der Waals surface area contributed by atoms with E-state index in [1.807, 2.05) is 0 Å². The molecule has 0 fully saturated rings. The molecule has 0 aliphatic rings. The number of nitrogens with one attached hydrogen (secondary N) is 1. The van der Waals surface area contributed by atoms with Gasteiger partial charge in [0.1, 0.15) is 0 Å². The lowest BCUT2D eigenvalue weighted by Crippen LogP contribution is -2.23. The van der Waals surface area contributed by atoms with Gasteiger partial charge in [0.15, 0.2) is 0 Å². The largest absolute Gasteiger partial charge is 0.347 e. The molecule has 0 rings (SSSR count). The number of unbranched alkanes of at least 4 members (excludes halogenated alkanes) is 8. The minimum Gasteiger partial charge on any atom is -0.347 e.